The number of phosphoric acid groups is 6. The van der Waals surface area contributed by atoms with E-state index in [0.29, 0.717) is 0 Å². The molecule has 3 aliphatic heterocycles. The molecule has 3 saturated heterocycles. The Bertz CT molecular complexity index is 4570. The van der Waals surface area contributed by atoms with Crippen molar-refractivity contribution in [2.45, 2.75) is 147 Å². The molecule has 0 bridgehead atoms. The van der Waals surface area contributed by atoms with Crippen LogP contribution in [0, 0.1) is 35.5 Å². The van der Waals surface area contributed by atoms with Crippen molar-refractivity contribution in [2.24, 2.45) is 5.73 Å². The smallest absolute Gasteiger partial charge is 0.444 e. The first kappa shape index (κ1) is 97.5. The second kappa shape index (κ2) is 42.7. The molecular weight excluding hydrogens is 1650 g/mol. The molecule has 13 unspecified atom stereocenters. The Hall–Kier alpha value is -7.83. The second-order valence-electron chi connectivity index (χ2n) is 25.1. The van der Waals surface area contributed by atoms with Crippen molar-refractivity contribution in [3.8, 4) is 35.5 Å². The number of alkyl carbamates (subject to hydrolysis) is 2. The van der Waals surface area contributed by atoms with Gasteiger partial charge < -0.3 is 133 Å². The Labute approximate surface area is 639 Å². The molecule has 113 heavy (non-hydrogen) atoms. The molecule has 0 aromatic carbocycles. The maximum absolute atomic E-state index is 12.4. The van der Waals surface area contributed by atoms with Gasteiger partial charge in [-0.1, -0.05) is 35.5 Å². The molecule has 3 aromatic heterocycles. The molecule has 52 nitrogen and oxygen atoms in total. The van der Waals surface area contributed by atoms with E-state index in [4.69, 9.17) is 71.1 Å². The van der Waals surface area contributed by atoms with Crippen molar-refractivity contribution < 1.29 is 161 Å². The van der Waals surface area contributed by atoms with Gasteiger partial charge in [-0.2, -0.15) is 32.2 Å². The average Bonchev–Trinajstić information content (AvgIpc) is 1.71. The van der Waals surface area contributed by atoms with Crippen LogP contribution in [0.4, 0.5) is 27.0 Å². The topological polar surface area (TPSA) is 801 Å². The van der Waals surface area contributed by atoms with Gasteiger partial charge in [0.25, 0.3) is 0 Å². The molecule has 3 fully saturated rings. The molecule has 3 aliphatic rings. The minimum Gasteiger partial charge on any atom is -0.444 e. The van der Waals surface area contributed by atoms with E-state index < -0.39 is 162 Å². The summed E-state index contributed by atoms with van der Waals surface area (Å²) in [7, 11) is -33.5. The number of ether oxygens (including phenoxy) is 5. The van der Waals surface area contributed by atoms with E-state index in [2.05, 4.69) is 103 Å². The first-order valence-electron chi connectivity index (χ1n) is 32.3. The monoisotopic (exact) mass is 1730 g/mol. The highest BCUT2D eigenvalue weighted by Crippen LogP contribution is 2.67. The summed E-state index contributed by atoms with van der Waals surface area (Å²) in [6, 6.07) is 0. The highest BCUT2D eigenvalue weighted by atomic mass is 31.3. The summed E-state index contributed by atoms with van der Waals surface area (Å²) in [5, 5.41) is 52.0. The number of anilines is 3. The number of carbonyl (C=O) groups is 5. The lowest BCUT2D eigenvalue weighted by atomic mass is 10.2. The largest absolute Gasteiger partial charge is 0.490 e. The van der Waals surface area contributed by atoms with Gasteiger partial charge in [0.1, 0.15) is 65.7 Å². The van der Waals surface area contributed by atoms with Crippen LogP contribution in [0.1, 0.15) is 115 Å². The van der Waals surface area contributed by atoms with Gasteiger partial charge in [-0.05, 0) is 41.5 Å². The van der Waals surface area contributed by atoms with Crippen molar-refractivity contribution in [3.63, 3.8) is 0 Å². The number of hydrogen-bond donors (Lipinski definition) is 21. The molecule has 0 aliphatic carbocycles. The number of phosphoric ester groups is 2. The third-order valence-corrected chi connectivity index (χ3v) is 21.1. The lowest BCUT2D eigenvalue weighted by molar-refractivity contribution is -0.121. The summed E-state index contributed by atoms with van der Waals surface area (Å²) in [5.41, 5.74) is 19.1. The highest BCUT2D eigenvalue weighted by Gasteiger charge is 2.45. The summed E-state index contributed by atoms with van der Waals surface area (Å²) < 4.78 is 121. The fraction of sp³-hybridized carbons (Fsp3) is 0.582. The molecule has 0 saturated carbocycles. The second-order valence-corrected chi connectivity index (χ2v) is 33.9. The number of hydrogen-bond acceptors (Lipinski definition) is 36. The van der Waals surface area contributed by atoms with Crippen molar-refractivity contribution in [2.75, 3.05) is 76.3 Å². The van der Waals surface area contributed by atoms with E-state index in [9.17, 15) is 101 Å². The van der Waals surface area contributed by atoms with Crippen molar-refractivity contribution in [1.82, 2.24) is 55.2 Å². The quantitative estimate of drug-likeness (QED) is 0.0231. The fourth-order valence-corrected chi connectivity index (χ4v) is 14.9. The fourth-order valence-electron chi connectivity index (χ4n) is 8.84. The van der Waals surface area contributed by atoms with Crippen molar-refractivity contribution >= 4 is 94.3 Å². The van der Waals surface area contributed by atoms with Gasteiger partial charge in [-0.15, -0.1) is 0 Å². The minimum absolute atomic E-state index is 0.00899. The molecule has 0 spiro atoms. The molecule has 632 valence electrons. The zero-order valence-electron chi connectivity index (χ0n) is 60.3. The van der Waals surface area contributed by atoms with E-state index in [1.165, 1.54) is 12.4 Å². The summed E-state index contributed by atoms with van der Waals surface area (Å²) in [4.78, 5) is 178. The van der Waals surface area contributed by atoms with Crippen LogP contribution in [0.3, 0.4) is 0 Å². The average molecular weight is 1730 g/mol. The summed E-state index contributed by atoms with van der Waals surface area (Å²) >= 11 is 0. The standard InChI is InChI=1S/C20H32N5O16P3.C20H29N5O7.C15H24N5O14P3/c1-20(2,3)39-19(29)23-8-6-15(27)22-7-4-5-12-10-25(18(28)24-17(12)21)16-9-13(26)14(38-16)11-37-43(33,34)41-44(35,36)40-42(30,31)32;1-20(2,3)32-19(30)23-8-6-15(28)22-7-4-5-12-10-25(18(29)24-17(12)21)16-9-13(27)14(11-26)31-16;16-4-3-12(22)18-5-1-2-9-7-20(15(23)19-14(9)17)13-6-10(21)11(32-13)8-31-36(27,28)34-37(29,30)33-35(24,25)26/h10,13-14,16,26H,6-9,11H2,1-3H3,(H,22,27)(H,23,29)(H,33,34)(H,35,36)(H2,21,24,28)(H2,30,31,32);10,13-14,16,26-27H,6-9,11H2,1-3H3,(H,22,28)(H,23,30)(H2,21,24,29);7,10-11,13,21H,3-6,8,16H2,(H,18,22)(H,27,28)(H,29,30)(H2,17,19,23)(H2,24,25,26). The maximum atomic E-state index is 12.4. The van der Waals surface area contributed by atoms with Gasteiger partial charge in [-0.25, -0.2) is 51.4 Å². The Morgan fingerprint density at radius 1 is 0.487 bits per heavy atom. The SMILES string of the molecule is CC(C)(C)OC(=O)NCCC(=O)NCC#Cc1cn(C2CC(O)C(CO)O2)c(=O)nc1N.CC(C)(C)OC(=O)NCCC(=O)NCC#Cc1cn(C2CC(O)C(COP(=O)(O)OP(=O)(O)OP(=O)(O)O)O2)c(=O)nc1N.NCCC(=O)NCC#Cc1cn(C2CC(O)C(COP(=O)(O)OP(=O)(O)OP(=O)(O)O)O2)c(=O)nc1N. The lowest BCUT2D eigenvalue weighted by Gasteiger charge is -2.19. The van der Waals surface area contributed by atoms with Crippen LogP contribution >= 0.6 is 46.9 Å². The predicted octanol–water partition coefficient (Wildman–Crippen LogP) is -4.32. The lowest BCUT2D eigenvalue weighted by Crippen LogP contribution is -2.35. The van der Waals surface area contributed by atoms with Gasteiger partial charge in [0.2, 0.25) is 17.7 Å². The Morgan fingerprint density at radius 2 is 0.779 bits per heavy atom. The number of amides is 5. The van der Waals surface area contributed by atoms with Crippen LogP contribution in [0.5, 0.6) is 0 Å². The number of nitrogens with two attached hydrogens (primary N) is 4. The molecule has 3 aromatic rings. The van der Waals surface area contributed by atoms with Crippen LogP contribution in [0.25, 0.3) is 0 Å². The number of aliphatic hydroxyl groups excluding tert-OH is 4. The van der Waals surface area contributed by atoms with Crippen molar-refractivity contribution in [3.05, 3.63) is 66.7 Å². The van der Waals surface area contributed by atoms with E-state index in [1.54, 1.807) is 41.5 Å². The van der Waals surface area contributed by atoms with E-state index in [0.717, 1.165) is 19.9 Å². The van der Waals surface area contributed by atoms with E-state index >= 15 is 0 Å². The highest BCUT2D eigenvalue weighted by molar-refractivity contribution is 7.67. The molecule has 0 radical (unpaired) electrons. The Kier molecular flexibility index (Phi) is 36.8. The number of nitrogens with one attached hydrogen (secondary N) is 5. The molecule has 6 heterocycles. The zero-order valence-corrected chi connectivity index (χ0v) is 65.7. The number of rotatable bonds is 29. The first-order valence-corrected chi connectivity index (χ1v) is 41.4. The third kappa shape index (κ3) is 36.7. The summed E-state index contributed by atoms with van der Waals surface area (Å²) in [6.45, 7) is 8.17. The van der Waals surface area contributed by atoms with Gasteiger partial charge in [0, 0.05) is 76.7 Å². The van der Waals surface area contributed by atoms with Crippen LogP contribution in [-0.4, -0.2) is 225 Å². The molecule has 25 N–H and O–H groups in total. The number of nitrogens with zero attached hydrogens (tertiary/aromatic N) is 6. The number of aliphatic hydroxyl groups is 4. The summed E-state index contributed by atoms with van der Waals surface area (Å²) in [5.74, 6) is 14.3. The van der Waals surface area contributed by atoms with Gasteiger partial charge in [0.05, 0.1) is 74.5 Å². The minimum atomic E-state index is -5.75. The van der Waals surface area contributed by atoms with E-state index in [-0.39, 0.29) is 130 Å². The maximum Gasteiger partial charge on any atom is 0.490 e. The summed E-state index contributed by atoms with van der Waals surface area (Å²) in [6.07, 6.45) is -8.32. The van der Waals surface area contributed by atoms with Gasteiger partial charge in [-0.3, -0.25) is 37.1 Å². The Morgan fingerprint density at radius 3 is 1.05 bits per heavy atom. The van der Waals surface area contributed by atoms with Crippen LogP contribution in [-0.2, 0) is 91.7 Å². The van der Waals surface area contributed by atoms with Crippen LogP contribution < -0.4 is 66.6 Å². The van der Waals surface area contributed by atoms with Gasteiger partial charge in [0.15, 0.2) is 0 Å². The van der Waals surface area contributed by atoms with Gasteiger partial charge >= 0.3 is 76.2 Å². The number of carbonyl (C=O) groups excluding carboxylic acids is 5. The van der Waals surface area contributed by atoms with E-state index in [1.807, 2.05) is 0 Å². The Balaban J connectivity index is 0.000000362. The molecule has 6 rings (SSSR count). The molecule has 5 amide bonds. The van der Waals surface area contributed by atoms with Crippen molar-refractivity contribution in [1.29, 1.82) is 0 Å². The normalized spacial score (nSPS) is 21.5. The first-order chi connectivity index (χ1) is 52.1. The number of aromatic nitrogens is 6. The van der Waals surface area contributed by atoms with Crippen LogP contribution in [0.2, 0.25) is 0 Å². The molecule has 13 atom stereocenters. The molecule has 58 heteroatoms. The third-order valence-electron chi connectivity index (χ3n) is 13.5. The predicted molar refractivity (Wildman–Crippen MR) is 380 cm³/mol. The van der Waals surface area contributed by atoms with Crippen LogP contribution in [0.15, 0.2) is 33.0 Å². The zero-order chi connectivity index (χ0) is 85.4. The molecular formula is C55H85N15O37P6. The number of nitrogen functional groups attached to an aromatic ring is 3.